The van der Waals surface area contributed by atoms with Crippen LogP contribution in [0.1, 0.15) is 44.2 Å². The highest BCUT2D eigenvalue weighted by Crippen LogP contribution is 2.23. The minimum absolute atomic E-state index is 0.208. The van der Waals surface area contributed by atoms with Crippen molar-refractivity contribution in [3.05, 3.63) is 35.9 Å². The lowest BCUT2D eigenvalue weighted by molar-refractivity contribution is -0.135. The molecule has 2 saturated heterocycles. The Morgan fingerprint density at radius 1 is 1.12 bits per heavy atom. The summed E-state index contributed by atoms with van der Waals surface area (Å²) in [4.78, 5) is 17.6. The summed E-state index contributed by atoms with van der Waals surface area (Å²) in [5.41, 5.74) is 1.10. The summed E-state index contributed by atoms with van der Waals surface area (Å²) >= 11 is 0. The molecule has 3 rings (SSSR count). The van der Waals surface area contributed by atoms with E-state index in [1.807, 2.05) is 18.2 Å². The predicted molar refractivity (Wildman–Crippen MR) is 97.8 cm³/mol. The molecule has 0 spiro atoms. The van der Waals surface area contributed by atoms with Gasteiger partial charge in [0, 0.05) is 25.7 Å². The number of hydrogen-bond donors (Lipinski definition) is 1. The minimum Gasteiger partial charge on any atom is -0.341 e. The van der Waals surface area contributed by atoms with Gasteiger partial charge in [-0.25, -0.2) is 0 Å². The molecule has 0 unspecified atom stereocenters. The molecule has 0 radical (unpaired) electrons. The molecule has 2 aliphatic heterocycles. The molecule has 3 atom stereocenters. The third-order valence-electron chi connectivity index (χ3n) is 5.54. The number of amides is 1. The highest BCUT2D eigenvalue weighted by atomic mass is 16.2. The fraction of sp³-hybridized carbons (Fsp3) is 0.650. The fourth-order valence-electron chi connectivity index (χ4n) is 4.07. The molecule has 1 aromatic carbocycles. The first-order valence-electron chi connectivity index (χ1n) is 9.43. The quantitative estimate of drug-likeness (QED) is 0.922. The summed E-state index contributed by atoms with van der Waals surface area (Å²) in [6, 6.07) is 10.4. The molecule has 2 aliphatic rings. The zero-order valence-corrected chi connectivity index (χ0v) is 15.1. The van der Waals surface area contributed by atoms with Crippen molar-refractivity contribution in [2.45, 2.75) is 44.7 Å². The monoisotopic (exact) mass is 329 g/mol. The van der Waals surface area contributed by atoms with E-state index >= 15 is 0 Å². The number of carbonyl (C=O) groups is 1. The second kappa shape index (κ2) is 8.13. The maximum Gasteiger partial charge on any atom is 0.244 e. The van der Waals surface area contributed by atoms with Crippen molar-refractivity contribution in [3.63, 3.8) is 0 Å². The van der Waals surface area contributed by atoms with Crippen molar-refractivity contribution in [2.75, 3.05) is 33.2 Å². The lowest BCUT2D eigenvalue weighted by Gasteiger charge is -2.39. The highest BCUT2D eigenvalue weighted by Gasteiger charge is 2.32. The van der Waals surface area contributed by atoms with Crippen molar-refractivity contribution in [3.8, 4) is 0 Å². The Morgan fingerprint density at radius 3 is 2.50 bits per heavy atom. The van der Waals surface area contributed by atoms with E-state index < -0.39 is 0 Å². The molecule has 24 heavy (non-hydrogen) atoms. The van der Waals surface area contributed by atoms with E-state index in [-0.39, 0.29) is 11.9 Å². The summed E-state index contributed by atoms with van der Waals surface area (Å²) in [7, 11) is 2.18. The number of rotatable bonds is 4. The number of piperidine rings is 2. The van der Waals surface area contributed by atoms with E-state index in [0.29, 0.717) is 12.0 Å². The van der Waals surface area contributed by atoms with E-state index in [9.17, 15) is 4.79 Å². The summed E-state index contributed by atoms with van der Waals surface area (Å²) in [6.07, 6.45) is 4.63. The molecule has 4 nitrogen and oxygen atoms in total. The second-order valence-corrected chi connectivity index (χ2v) is 7.53. The average molecular weight is 329 g/mol. The maximum absolute atomic E-state index is 13.2. The van der Waals surface area contributed by atoms with Crippen LogP contribution in [0.4, 0.5) is 0 Å². The van der Waals surface area contributed by atoms with Crippen LogP contribution in [0.5, 0.6) is 0 Å². The molecular weight excluding hydrogens is 298 g/mol. The molecule has 1 aromatic rings. The van der Waals surface area contributed by atoms with Crippen molar-refractivity contribution in [1.82, 2.24) is 15.1 Å². The Morgan fingerprint density at radius 2 is 1.83 bits per heavy atom. The standard InChI is InChI=1S/C20H31N3O/c1-16-15-22(2)14-11-18(16)21-19(17-9-5-3-6-10-17)20(24)23-12-7-4-8-13-23/h3,5-6,9-10,16,18-19,21H,4,7-8,11-15H2,1-2H3/t16-,18-,19-/m1/s1. The van der Waals surface area contributed by atoms with E-state index in [2.05, 4.69) is 41.2 Å². The Balaban J connectivity index is 1.76. The fourth-order valence-corrected chi connectivity index (χ4v) is 4.07. The SMILES string of the molecule is C[C@@H]1CN(C)CC[C@H]1N[C@@H](C(=O)N1CCCCC1)c1ccccc1. The molecule has 132 valence electrons. The summed E-state index contributed by atoms with van der Waals surface area (Å²) in [6.45, 7) is 6.30. The molecule has 2 heterocycles. The Hall–Kier alpha value is -1.39. The van der Waals surface area contributed by atoms with Gasteiger partial charge >= 0.3 is 0 Å². The zero-order chi connectivity index (χ0) is 16.9. The van der Waals surface area contributed by atoms with Gasteiger partial charge in [-0.15, -0.1) is 0 Å². The molecule has 1 amide bonds. The number of likely N-dealkylation sites (tertiary alicyclic amines) is 2. The first kappa shape index (κ1) is 17.4. The van der Waals surface area contributed by atoms with Gasteiger partial charge in [0.2, 0.25) is 5.91 Å². The highest BCUT2D eigenvalue weighted by molar-refractivity contribution is 5.83. The Labute approximate surface area is 146 Å². The number of nitrogens with zero attached hydrogens (tertiary/aromatic N) is 2. The molecule has 0 aromatic heterocycles. The molecule has 0 bridgehead atoms. The summed E-state index contributed by atoms with van der Waals surface area (Å²) in [5, 5.41) is 3.72. The largest absolute Gasteiger partial charge is 0.341 e. The van der Waals surface area contributed by atoms with E-state index in [1.54, 1.807) is 0 Å². The number of carbonyl (C=O) groups excluding carboxylic acids is 1. The van der Waals surface area contributed by atoms with Gasteiger partial charge in [-0.3, -0.25) is 10.1 Å². The second-order valence-electron chi connectivity index (χ2n) is 7.53. The summed E-state index contributed by atoms with van der Waals surface area (Å²) < 4.78 is 0. The Kier molecular flexibility index (Phi) is 5.90. The van der Waals surface area contributed by atoms with Crippen LogP contribution in [0.15, 0.2) is 30.3 Å². The van der Waals surface area contributed by atoms with Gasteiger partial charge in [-0.2, -0.15) is 0 Å². The lowest BCUT2D eigenvalue weighted by atomic mass is 9.92. The first-order valence-corrected chi connectivity index (χ1v) is 9.43. The molecule has 2 fully saturated rings. The molecular formula is C20H31N3O. The molecule has 1 N–H and O–H groups in total. The van der Waals surface area contributed by atoms with Crippen molar-refractivity contribution >= 4 is 5.91 Å². The van der Waals surface area contributed by atoms with Crippen LogP contribution >= 0.6 is 0 Å². The number of hydrogen-bond acceptors (Lipinski definition) is 3. The van der Waals surface area contributed by atoms with Gasteiger partial charge in [-0.05, 0) is 50.8 Å². The Bertz CT molecular complexity index is 527. The normalized spacial score (nSPS) is 27.0. The van der Waals surface area contributed by atoms with Crippen LogP contribution in [0.3, 0.4) is 0 Å². The van der Waals surface area contributed by atoms with Gasteiger partial charge in [0.05, 0.1) is 0 Å². The van der Waals surface area contributed by atoms with Gasteiger partial charge < -0.3 is 9.80 Å². The van der Waals surface area contributed by atoms with Crippen LogP contribution < -0.4 is 5.32 Å². The van der Waals surface area contributed by atoms with Gasteiger partial charge in [0.15, 0.2) is 0 Å². The lowest BCUT2D eigenvalue weighted by Crippen LogP contribution is -2.52. The smallest absolute Gasteiger partial charge is 0.244 e. The van der Waals surface area contributed by atoms with Crippen LogP contribution in [0.25, 0.3) is 0 Å². The van der Waals surface area contributed by atoms with Crippen molar-refractivity contribution < 1.29 is 4.79 Å². The van der Waals surface area contributed by atoms with Crippen molar-refractivity contribution in [2.24, 2.45) is 5.92 Å². The van der Waals surface area contributed by atoms with Crippen molar-refractivity contribution in [1.29, 1.82) is 0 Å². The van der Waals surface area contributed by atoms with Gasteiger partial charge in [-0.1, -0.05) is 37.3 Å². The zero-order valence-electron chi connectivity index (χ0n) is 15.1. The van der Waals surface area contributed by atoms with Crippen LogP contribution in [-0.2, 0) is 4.79 Å². The molecule has 0 aliphatic carbocycles. The summed E-state index contributed by atoms with van der Waals surface area (Å²) in [5.74, 6) is 0.816. The predicted octanol–water partition coefficient (Wildman–Crippen LogP) is 2.67. The van der Waals surface area contributed by atoms with E-state index in [0.717, 1.165) is 51.0 Å². The minimum atomic E-state index is -0.208. The van der Waals surface area contributed by atoms with Crippen LogP contribution in [0, 0.1) is 5.92 Å². The van der Waals surface area contributed by atoms with Gasteiger partial charge in [0.25, 0.3) is 0 Å². The van der Waals surface area contributed by atoms with Crippen LogP contribution in [-0.4, -0.2) is 55.0 Å². The first-order chi connectivity index (χ1) is 11.6. The molecule has 0 saturated carbocycles. The van der Waals surface area contributed by atoms with E-state index in [1.165, 1.54) is 6.42 Å². The third kappa shape index (κ3) is 4.17. The average Bonchev–Trinajstić information content (AvgIpc) is 2.62. The number of benzene rings is 1. The van der Waals surface area contributed by atoms with Gasteiger partial charge in [0.1, 0.15) is 6.04 Å². The number of nitrogens with one attached hydrogen (secondary N) is 1. The third-order valence-corrected chi connectivity index (χ3v) is 5.54. The van der Waals surface area contributed by atoms with E-state index in [4.69, 9.17) is 0 Å². The topological polar surface area (TPSA) is 35.6 Å². The molecule has 4 heteroatoms. The van der Waals surface area contributed by atoms with Crippen LogP contribution in [0.2, 0.25) is 0 Å². The maximum atomic E-state index is 13.2.